The van der Waals surface area contributed by atoms with Crippen molar-refractivity contribution >= 4 is 25.6 Å². The number of alkyl halides is 6. The van der Waals surface area contributed by atoms with E-state index in [-0.39, 0.29) is 5.75 Å². The maximum absolute atomic E-state index is 12.6. The zero-order valence-electron chi connectivity index (χ0n) is 9.32. The Morgan fingerprint density at radius 2 is 1.89 bits per heavy atom. The second-order valence-corrected chi connectivity index (χ2v) is 6.49. The average Bonchev–Trinajstić information content (AvgIpc) is 2.26. The quantitative estimate of drug-likeness (QED) is 0.413. The topological polar surface area (TPSA) is 17.1 Å². The Balaban J connectivity index is 3.01. The number of halogens is 7. The van der Waals surface area contributed by atoms with E-state index in [1.54, 1.807) is 0 Å². The highest BCUT2D eigenvalue weighted by Crippen LogP contribution is 2.45. The summed E-state index contributed by atoms with van der Waals surface area (Å²) in [6.45, 7) is 0. The summed E-state index contributed by atoms with van der Waals surface area (Å²) in [6.07, 6.45) is -10.3. The first-order valence-electron chi connectivity index (χ1n) is 5.13. The fraction of sp³-hybridized carbons (Fsp3) is 0.700. The molecule has 3 unspecified atom stereocenters. The van der Waals surface area contributed by atoms with Gasteiger partial charge in [-0.05, 0) is 39.1 Å². The number of carbonyl (C=O) groups excluding carboxylic acids is 1. The summed E-state index contributed by atoms with van der Waals surface area (Å²) in [6, 6.07) is 0. The molecule has 1 rings (SSSR count). The van der Waals surface area contributed by atoms with E-state index in [1.165, 1.54) is 5.23 Å². The first-order chi connectivity index (χ1) is 8.54. The van der Waals surface area contributed by atoms with E-state index in [0.29, 0.717) is 0 Å². The molecular weight excluding hydrogens is 318 g/mol. The monoisotopic (exact) mass is 326 g/mol. The van der Waals surface area contributed by atoms with E-state index in [1.807, 2.05) is 0 Å². The molecule has 110 valence electrons. The van der Waals surface area contributed by atoms with Gasteiger partial charge in [0, 0.05) is 11.3 Å². The van der Waals surface area contributed by atoms with Gasteiger partial charge < -0.3 is 0 Å². The van der Waals surface area contributed by atoms with Crippen molar-refractivity contribution in [1.82, 2.24) is 0 Å². The summed E-state index contributed by atoms with van der Waals surface area (Å²) in [5, 5.41) is 1.37. The molecule has 0 saturated heterocycles. The van der Waals surface area contributed by atoms with Gasteiger partial charge in [-0.2, -0.15) is 26.3 Å². The lowest BCUT2D eigenvalue weighted by Crippen LogP contribution is -2.32. The molecule has 0 fully saturated rings. The van der Waals surface area contributed by atoms with Crippen LogP contribution in [0.25, 0.3) is 0 Å². The summed E-state index contributed by atoms with van der Waals surface area (Å²) in [7, 11) is 3.96. The van der Waals surface area contributed by atoms with Crippen LogP contribution in [0.15, 0.2) is 11.6 Å². The van der Waals surface area contributed by atoms with Crippen molar-refractivity contribution in [2.24, 2.45) is 11.8 Å². The molecule has 0 aliphatic heterocycles. The van der Waals surface area contributed by atoms with Crippen LogP contribution in [0.5, 0.6) is 0 Å². The molecule has 9 heteroatoms. The van der Waals surface area contributed by atoms with E-state index in [2.05, 4.69) is 0 Å². The van der Waals surface area contributed by atoms with Gasteiger partial charge in [0.05, 0.1) is 5.92 Å². The second kappa shape index (κ2) is 5.89. The van der Waals surface area contributed by atoms with Crippen molar-refractivity contribution in [1.29, 1.82) is 0 Å². The Morgan fingerprint density at radius 3 is 2.32 bits per heavy atom. The molecule has 0 aromatic carbocycles. The van der Waals surface area contributed by atoms with Crippen LogP contribution < -0.4 is 0 Å². The van der Waals surface area contributed by atoms with E-state index in [9.17, 15) is 31.1 Å². The minimum Gasteiger partial charge on any atom is -0.225 e. The van der Waals surface area contributed by atoms with Gasteiger partial charge in [0.15, 0.2) is 5.23 Å². The van der Waals surface area contributed by atoms with Gasteiger partial charge in [-0.15, -0.1) is 0 Å². The first-order valence-corrected chi connectivity index (χ1v) is 7.35. The van der Waals surface area contributed by atoms with Crippen molar-refractivity contribution in [2.45, 2.75) is 25.2 Å². The fourth-order valence-corrected chi connectivity index (χ4v) is 3.09. The molecule has 0 radical (unpaired) electrons. The van der Waals surface area contributed by atoms with Gasteiger partial charge in [-0.1, -0.05) is 6.08 Å². The lowest BCUT2D eigenvalue weighted by molar-refractivity contribution is -0.184. The minimum absolute atomic E-state index is 0.253. The fourth-order valence-electron chi connectivity index (χ4n) is 1.93. The van der Waals surface area contributed by atoms with Crippen molar-refractivity contribution in [2.75, 3.05) is 5.75 Å². The molecule has 1 nitrogen and oxygen atoms in total. The van der Waals surface area contributed by atoms with Crippen LogP contribution in [0.3, 0.4) is 0 Å². The Hall–Kier alpha value is -0.460. The van der Waals surface area contributed by atoms with Crippen molar-refractivity contribution in [3.8, 4) is 0 Å². The summed E-state index contributed by atoms with van der Waals surface area (Å²) in [4.78, 5) is 10.2. The predicted molar refractivity (Wildman–Crippen MR) is 60.4 cm³/mol. The maximum atomic E-state index is 12.6. The van der Waals surface area contributed by atoms with Gasteiger partial charge in [0.1, 0.15) is 0 Å². The molecule has 3 atom stereocenters. The SMILES string of the molecule is O=C=S(Cl)CC1C=C(C(F)(F)F)CC(C(F)(F)F)C1. The number of rotatable bonds is 2. The van der Waals surface area contributed by atoms with Crippen molar-refractivity contribution in [3.05, 3.63) is 11.6 Å². The second-order valence-electron chi connectivity index (χ2n) is 4.21. The van der Waals surface area contributed by atoms with Crippen LogP contribution in [-0.4, -0.2) is 23.3 Å². The molecule has 0 spiro atoms. The molecular formula is C10H9ClF6OS. The highest BCUT2D eigenvalue weighted by Gasteiger charge is 2.47. The Morgan fingerprint density at radius 1 is 1.32 bits per heavy atom. The zero-order chi connectivity index (χ0) is 14.8. The third kappa shape index (κ3) is 4.85. The van der Waals surface area contributed by atoms with Crippen LogP contribution in [-0.2, 0) is 4.79 Å². The van der Waals surface area contributed by atoms with Gasteiger partial charge in [-0.3, -0.25) is 0 Å². The van der Waals surface area contributed by atoms with Crippen LogP contribution in [0, 0.1) is 11.8 Å². The Bertz CT molecular complexity index is 421. The van der Waals surface area contributed by atoms with Crippen LogP contribution in [0.4, 0.5) is 26.3 Å². The van der Waals surface area contributed by atoms with Gasteiger partial charge in [-0.25, -0.2) is 4.79 Å². The summed E-state index contributed by atoms with van der Waals surface area (Å²) >= 11 is 0. The summed E-state index contributed by atoms with van der Waals surface area (Å²) in [5.74, 6) is -3.32. The largest absolute Gasteiger partial charge is 0.412 e. The van der Waals surface area contributed by atoms with E-state index in [4.69, 9.17) is 10.7 Å². The number of allylic oxidation sites excluding steroid dienone is 2. The van der Waals surface area contributed by atoms with Gasteiger partial charge in [0.25, 0.3) is 0 Å². The summed E-state index contributed by atoms with van der Waals surface area (Å²) < 4.78 is 75.4. The summed E-state index contributed by atoms with van der Waals surface area (Å²) in [5.41, 5.74) is -1.20. The Kier molecular flexibility index (Phi) is 5.15. The first kappa shape index (κ1) is 16.6. The lowest BCUT2D eigenvalue weighted by atomic mass is 9.82. The molecule has 0 heterocycles. The minimum atomic E-state index is -4.79. The van der Waals surface area contributed by atoms with E-state index < -0.39 is 52.3 Å². The average molecular weight is 327 g/mol. The molecule has 0 bridgehead atoms. The van der Waals surface area contributed by atoms with E-state index in [0.717, 1.165) is 6.08 Å². The molecule has 1 aliphatic carbocycles. The highest BCUT2D eigenvalue weighted by atomic mass is 35.7. The molecule has 19 heavy (non-hydrogen) atoms. The Labute approximate surface area is 112 Å². The molecule has 0 N–H and O–H groups in total. The van der Waals surface area contributed by atoms with Crippen LogP contribution in [0.1, 0.15) is 12.8 Å². The van der Waals surface area contributed by atoms with Crippen molar-refractivity contribution < 1.29 is 31.1 Å². The smallest absolute Gasteiger partial charge is 0.225 e. The predicted octanol–water partition coefficient (Wildman–Crippen LogP) is 4.55. The third-order valence-electron chi connectivity index (χ3n) is 2.77. The zero-order valence-corrected chi connectivity index (χ0v) is 10.9. The molecule has 1 aliphatic rings. The van der Waals surface area contributed by atoms with Crippen molar-refractivity contribution in [3.63, 3.8) is 0 Å². The van der Waals surface area contributed by atoms with Gasteiger partial charge in [0.2, 0.25) is 0 Å². The van der Waals surface area contributed by atoms with Crippen LogP contribution >= 0.6 is 20.4 Å². The standard InChI is InChI=1S/C10H9ClF6OS/c11-19(5-18)4-6-1-7(9(12,13)14)3-8(2-6)10(15,16)17/h1,6,8H,2-4H2. The van der Waals surface area contributed by atoms with Gasteiger partial charge >= 0.3 is 12.4 Å². The molecule has 0 saturated carbocycles. The lowest BCUT2D eigenvalue weighted by Gasteiger charge is -2.30. The molecule has 0 aromatic heterocycles. The number of hydrogen-bond acceptors (Lipinski definition) is 1. The molecule has 0 aromatic rings. The van der Waals surface area contributed by atoms with Crippen LogP contribution in [0.2, 0.25) is 0 Å². The highest BCUT2D eigenvalue weighted by molar-refractivity contribution is 8.33. The normalized spacial score (nSPS) is 26.6. The third-order valence-corrected chi connectivity index (χ3v) is 4.24. The number of hydrogen-bond donors (Lipinski definition) is 0. The maximum Gasteiger partial charge on any atom is 0.412 e. The molecule has 0 amide bonds. The van der Waals surface area contributed by atoms with E-state index >= 15 is 0 Å².